The SMILES string of the molecule is CC(=O)N(N)C(=O)c1cc(CO[Si](c2ccccc2)(c2ccccc2)C(C)(C)C)c(F)nc1F. The van der Waals surface area contributed by atoms with Gasteiger partial charge in [0.25, 0.3) is 14.2 Å². The topological polar surface area (TPSA) is 85.5 Å². The van der Waals surface area contributed by atoms with Gasteiger partial charge in [0.05, 0.1) is 12.2 Å². The summed E-state index contributed by atoms with van der Waals surface area (Å²) in [4.78, 5) is 27.1. The Morgan fingerprint density at radius 1 is 0.971 bits per heavy atom. The molecule has 3 aromatic rings. The largest absolute Gasteiger partial charge is 0.403 e. The minimum atomic E-state index is -3.02. The molecule has 34 heavy (non-hydrogen) atoms. The number of nitrogens with two attached hydrogens (primary N) is 1. The van der Waals surface area contributed by atoms with Crippen molar-refractivity contribution in [3.8, 4) is 0 Å². The summed E-state index contributed by atoms with van der Waals surface area (Å²) in [6, 6.07) is 20.4. The molecular weight excluding hydrogens is 456 g/mol. The van der Waals surface area contributed by atoms with Crippen LogP contribution < -0.4 is 16.2 Å². The molecule has 0 aliphatic rings. The lowest BCUT2D eigenvalue weighted by Crippen LogP contribution is -2.66. The second kappa shape index (κ2) is 9.92. The number of aromatic nitrogens is 1. The fourth-order valence-electron chi connectivity index (χ4n) is 3.98. The van der Waals surface area contributed by atoms with E-state index in [0.29, 0.717) is 0 Å². The number of benzene rings is 2. The summed E-state index contributed by atoms with van der Waals surface area (Å²) in [6.07, 6.45) is 0. The molecule has 0 fully saturated rings. The average molecular weight is 484 g/mol. The normalized spacial score (nSPS) is 11.9. The average Bonchev–Trinajstić information content (AvgIpc) is 2.80. The minimum Gasteiger partial charge on any atom is -0.403 e. The Morgan fingerprint density at radius 3 is 1.91 bits per heavy atom. The van der Waals surface area contributed by atoms with E-state index in [1.54, 1.807) is 0 Å². The van der Waals surface area contributed by atoms with Crippen LogP contribution in [-0.2, 0) is 15.8 Å². The van der Waals surface area contributed by atoms with Gasteiger partial charge in [0.15, 0.2) is 0 Å². The van der Waals surface area contributed by atoms with Crippen LogP contribution in [0.4, 0.5) is 8.78 Å². The maximum absolute atomic E-state index is 14.7. The van der Waals surface area contributed by atoms with Gasteiger partial charge in [-0.15, -0.1) is 0 Å². The minimum absolute atomic E-state index is 0.116. The number of carbonyl (C=O) groups is 2. The van der Waals surface area contributed by atoms with Crippen molar-refractivity contribution in [2.24, 2.45) is 5.84 Å². The van der Waals surface area contributed by atoms with Gasteiger partial charge in [0, 0.05) is 12.5 Å². The predicted molar refractivity (Wildman–Crippen MR) is 128 cm³/mol. The monoisotopic (exact) mass is 483 g/mol. The van der Waals surface area contributed by atoms with Gasteiger partial charge in [-0.1, -0.05) is 81.4 Å². The van der Waals surface area contributed by atoms with Crippen LogP contribution in [-0.4, -0.2) is 30.1 Å². The molecule has 0 bridgehead atoms. The maximum atomic E-state index is 14.7. The molecule has 2 amide bonds. The molecule has 3 rings (SSSR count). The van der Waals surface area contributed by atoms with Gasteiger partial charge in [-0.2, -0.15) is 13.8 Å². The first-order valence-electron chi connectivity index (χ1n) is 10.7. The number of carbonyl (C=O) groups excluding carboxylic acids is 2. The van der Waals surface area contributed by atoms with E-state index in [0.717, 1.165) is 23.4 Å². The first-order chi connectivity index (χ1) is 16.0. The van der Waals surface area contributed by atoms with Crippen LogP contribution in [0.25, 0.3) is 0 Å². The van der Waals surface area contributed by atoms with E-state index >= 15 is 0 Å². The highest BCUT2D eigenvalue weighted by Gasteiger charge is 2.50. The molecule has 2 N–H and O–H groups in total. The number of halogens is 2. The number of hydrogen-bond acceptors (Lipinski definition) is 5. The second-order valence-corrected chi connectivity index (χ2v) is 13.2. The van der Waals surface area contributed by atoms with Crippen LogP contribution in [0.5, 0.6) is 0 Å². The molecule has 1 aromatic heterocycles. The van der Waals surface area contributed by atoms with E-state index in [9.17, 15) is 18.4 Å². The zero-order valence-electron chi connectivity index (χ0n) is 19.5. The van der Waals surface area contributed by atoms with Crippen molar-refractivity contribution in [3.63, 3.8) is 0 Å². The summed E-state index contributed by atoms with van der Waals surface area (Å²) in [6.45, 7) is 6.98. The van der Waals surface area contributed by atoms with E-state index in [1.807, 2.05) is 60.7 Å². The highest BCUT2D eigenvalue weighted by molar-refractivity contribution is 6.99. The Kier molecular flexibility index (Phi) is 7.40. The highest BCUT2D eigenvalue weighted by Crippen LogP contribution is 2.37. The lowest BCUT2D eigenvalue weighted by atomic mass is 10.2. The molecular formula is C25H27F2N3O3Si. The van der Waals surface area contributed by atoms with Crippen LogP contribution in [0, 0.1) is 11.9 Å². The Morgan fingerprint density at radius 2 is 1.47 bits per heavy atom. The third-order valence-electron chi connectivity index (χ3n) is 5.65. The standard InChI is InChI=1S/C25H27F2N3O3Si/c1-17(31)30(28)24(32)21-15-18(22(26)29-23(21)27)16-33-34(25(2,3)4,19-11-7-5-8-12-19)20-13-9-6-10-14-20/h5-15H,16,28H2,1-4H3. The van der Waals surface area contributed by atoms with Crippen molar-refractivity contribution < 1.29 is 22.8 Å². The zero-order valence-corrected chi connectivity index (χ0v) is 20.5. The van der Waals surface area contributed by atoms with Crippen molar-refractivity contribution >= 4 is 30.5 Å². The first-order valence-corrected chi connectivity index (χ1v) is 12.6. The lowest BCUT2D eigenvalue weighted by Gasteiger charge is -2.43. The number of rotatable bonds is 6. The summed E-state index contributed by atoms with van der Waals surface area (Å²) < 4.78 is 35.6. The van der Waals surface area contributed by atoms with Crippen LogP contribution >= 0.6 is 0 Å². The van der Waals surface area contributed by atoms with E-state index in [2.05, 4.69) is 25.8 Å². The predicted octanol–water partition coefficient (Wildman–Crippen LogP) is 3.30. The number of imide groups is 1. The fourth-order valence-corrected chi connectivity index (χ4v) is 8.51. The van der Waals surface area contributed by atoms with E-state index in [4.69, 9.17) is 10.3 Å². The highest BCUT2D eigenvalue weighted by atomic mass is 28.4. The summed E-state index contributed by atoms with van der Waals surface area (Å²) in [5.41, 5.74) is -0.727. The molecule has 0 spiro atoms. The van der Waals surface area contributed by atoms with Crippen molar-refractivity contribution in [2.45, 2.75) is 39.3 Å². The Labute approximate surface area is 198 Å². The van der Waals surface area contributed by atoms with Crippen LogP contribution in [0.3, 0.4) is 0 Å². The molecule has 9 heteroatoms. The van der Waals surface area contributed by atoms with E-state index < -0.39 is 37.6 Å². The van der Waals surface area contributed by atoms with Gasteiger partial charge in [-0.3, -0.25) is 9.59 Å². The number of nitrogens with zero attached hydrogens (tertiary/aromatic N) is 2. The molecule has 178 valence electrons. The fraction of sp³-hybridized carbons (Fsp3) is 0.240. The smallest absolute Gasteiger partial charge is 0.279 e. The Balaban J connectivity index is 2.10. The van der Waals surface area contributed by atoms with Crippen molar-refractivity contribution in [1.29, 1.82) is 0 Å². The van der Waals surface area contributed by atoms with Crippen molar-refractivity contribution in [1.82, 2.24) is 9.99 Å². The number of amides is 2. The maximum Gasteiger partial charge on any atom is 0.279 e. The molecule has 0 aliphatic carbocycles. The molecule has 0 unspecified atom stereocenters. The number of hydrazine groups is 1. The van der Waals surface area contributed by atoms with Gasteiger partial charge in [0.2, 0.25) is 17.8 Å². The third-order valence-corrected chi connectivity index (χ3v) is 10.6. The summed E-state index contributed by atoms with van der Waals surface area (Å²) >= 11 is 0. The van der Waals surface area contributed by atoms with E-state index in [1.165, 1.54) is 0 Å². The van der Waals surface area contributed by atoms with Gasteiger partial charge in [-0.05, 0) is 21.5 Å². The molecule has 6 nitrogen and oxygen atoms in total. The molecule has 0 aliphatic heterocycles. The quantitative estimate of drug-likeness (QED) is 0.191. The van der Waals surface area contributed by atoms with Crippen LogP contribution in [0.2, 0.25) is 5.04 Å². The number of pyridine rings is 1. The second-order valence-electron chi connectivity index (χ2n) is 8.92. The molecule has 1 heterocycles. The van der Waals surface area contributed by atoms with Gasteiger partial charge >= 0.3 is 0 Å². The molecule has 2 aromatic carbocycles. The van der Waals surface area contributed by atoms with Gasteiger partial charge in [0.1, 0.15) is 0 Å². The third kappa shape index (κ3) is 4.81. The molecule has 0 radical (unpaired) electrons. The Hall–Kier alpha value is -3.27. The van der Waals surface area contributed by atoms with Crippen molar-refractivity contribution in [3.05, 3.63) is 89.8 Å². The zero-order chi connectivity index (χ0) is 25.1. The summed E-state index contributed by atoms with van der Waals surface area (Å²) in [5, 5.41) is 1.83. The molecule has 0 saturated heterocycles. The van der Waals surface area contributed by atoms with Crippen LogP contribution in [0.1, 0.15) is 43.6 Å². The van der Waals surface area contributed by atoms with E-state index in [-0.39, 0.29) is 22.2 Å². The van der Waals surface area contributed by atoms with Gasteiger partial charge in [-0.25, -0.2) is 10.9 Å². The number of hydrogen-bond donors (Lipinski definition) is 1. The lowest BCUT2D eigenvalue weighted by molar-refractivity contribution is -0.126. The Bertz CT molecular complexity index is 1150. The van der Waals surface area contributed by atoms with Gasteiger partial charge < -0.3 is 4.43 Å². The van der Waals surface area contributed by atoms with Crippen LogP contribution in [0.15, 0.2) is 66.7 Å². The molecule has 0 saturated carbocycles. The first kappa shape index (κ1) is 25.4. The summed E-state index contributed by atoms with van der Waals surface area (Å²) in [5.74, 6) is 1.06. The summed E-state index contributed by atoms with van der Waals surface area (Å²) in [7, 11) is -3.02. The van der Waals surface area contributed by atoms with Crippen molar-refractivity contribution in [2.75, 3.05) is 0 Å². The molecule has 0 atom stereocenters.